The molecule has 5 nitrogen and oxygen atoms in total. The van der Waals surface area contributed by atoms with Crippen LogP contribution in [0.5, 0.6) is 0 Å². The van der Waals surface area contributed by atoms with Crippen LogP contribution in [0.1, 0.15) is 0 Å². The van der Waals surface area contributed by atoms with Crippen LogP contribution in [0, 0.1) is 0 Å². The van der Waals surface area contributed by atoms with Crippen LogP contribution in [0.25, 0.3) is 22.2 Å². The third-order valence-electron chi connectivity index (χ3n) is 2.71. The number of aromatic amines is 1. The maximum atomic E-state index is 5.82. The second-order valence-electron chi connectivity index (χ2n) is 3.73. The monoisotopic (exact) mass is 213 g/mol. The van der Waals surface area contributed by atoms with Crippen molar-refractivity contribution in [1.82, 2.24) is 19.7 Å². The van der Waals surface area contributed by atoms with Crippen LogP contribution >= 0.6 is 0 Å². The van der Waals surface area contributed by atoms with Crippen LogP contribution < -0.4 is 5.73 Å². The Balaban J connectivity index is 2.36. The second kappa shape index (κ2) is 3.10. The van der Waals surface area contributed by atoms with E-state index >= 15 is 0 Å². The third kappa shape index (κ3) is 1.11. The summed E-state index contributed by atoms with van der Waals surface area (Å²) in [4.78, 5) is 4.38. The number of nitrogens with two attached hydrogens (primary N) is 1. The number of aryl methyl sites for hydroxylation is 1. The standard InChI is InChI=1S/C11H11N5/c1-16-6-13-10-7(3-2-4-9(10)16)8-5-14-15-11(8)12/h2-6H,1H3,(H3,12,14,15). The van der Waals surface area contributed by atoms with Gasteiger partial charge in [-0.1, -0.05) is 12.1 Å². The lowest BCUT2D eigenvalue weighted by Gasteiger charge is -2.01. The van der Waals surface area contributed by atoms with Gasteiger partial charge in [0.15, 0.2) is 0 Å². The number of rotatable bonds is 1. The highest BCUT2D eigenvalue weighted by atomic mass is 15.1. The number of nitrogens with zero attached hydrogens (tertiary/aromatic N) is 3. The molecule has 0 aliphatic rings. The van der Waals surface area contributed by atoms with E-state index in [2.05, 4.69) is 15.2 Å². The summed E-state index contributed by atoms with van der Waals surface area (Å²) in [5.74, 6) is 0.568. The molecule has 2 aromatic heterocycles. The fourth-order valence-corrected chi connectivity index (χ4v) is 1.89. The molecule has 0 amide bonds. The molecule has 0 radical (unpaired) electrons. The molecule has 5 heteroatoms. The van der Waals surface area contributed by atoms with Crippen LogP contribution in [-0.4, -0.2) is 19.7 Å². The normalized spacial score (nSPS) is 11.1. The van der Waals surface area contributed by atoms with E-state index in [-0.39, 0.29) is 0 Å². The quantitative estimate of drug-likeness (QED) is 0.644. The van der Waals surface area contributed by atoms with Gasteiger partial charge in [0.2, 0.25) is 0 Å². The van der Waals surface area contributed by atoms with Crippen LogP contribution in [0.4, 0.5) is 5.82 Å². The lowest BCUT2D eigenvalue weighted by Crippen LogP contribution is -1.89. The van der Waals surface area contributed by atoms with E-state index in [9.17, 15) is 0 Å². The van der Waals surface area contributed by atoms with Gasteiger partial charge in [-0.2, -0.15) is 5.10 Å². The predicted octanol–water partition coefficient (Wildman–Crippen LogP) is 1.55. The van der Waals surface area contributed by atoms with Crippen molar-refractivity contribution in [3.63, 3.8) is 0 Å². The van der Waals surface area contributed by atoms with E-state index < -0.39 is 0 Å². The molecule has 3 aromatic rings. The molecule has 0 unspecified atom stereocenters. The van der Waals surface area contributed by atoms with Gasteiger partial charge in [-0.25, -0.2) is 4.98 Å². The summed E-state index contributed by atoms with van der Waals surface area (Å²) in [6, 6.07) is 6.02. The SMILES string of the molecule is Cn1cnc2c(-c3cn[nH]c3N)cccc21. The first-order valence-corrected chi connectivity index (χ1v) is 4.96. The van der Waals surface area contributed by atoms with E-state index in [1.807, 2.05) is 29.8 Å². The van der Waals surface area contributed by atoms with E-state index in [0.29, 0.717) is 5.82 Å². The average molecular weight is 213 g/mol. The molecule has 80 valence electrons. The lowest BCUT2D eigenvalue weighted by molar-refractivity contribution is 0.948. The Morgan fingerprint density at radius 2 is 2.19 bits per heavy atom. The number of nitrogen functional groups attached to an aromatic ring is 1. The summed E-state index contributed by atoms with van der Waals surface area (Å²) < 4.78 is 1.98. The highest BCUT2D eigenvalue weighted by Crippen LogP contribution is 2.29. The zero-order valence-corrected chi connectivity index (χ0v) is 8.81. The Morgan fingerprint density at radius 1 is 1.31 bits per heavy atom. The maximum absolute atomic E-state index is 5.82. The first-order chi connectivity index (χ1) is 7.77. The summed E-state index contributed by atoms with van der Waals surface area (Å²) in [5.41, 5.74) is 9.74. The van der Waals surface area contributed by atoms with E-state index in [4.69, 9.17) is 5.73 Å². The fourth-order valence-electron chi connectivity index (χ4n) is 1.89. The highest BCUT2D eigenvalue weighted by molar-refractivity contribution is 5.94. The van der Waals surface area contributed by atoms with Crippen LogP contribution in [0.15, 0.2) is 30.7 Å². The number of fused-ring (bicyclic) bond motifs is 1. The summed E-state index contributed by atoms with van der Waals surface area (Å²) in [6.07, 6.45) is 3.52. The molecule has 3 N–H and O–H groups in total. The average Bonchev–Trinajstić information content (AvgIpc) is 2.86. The maximum Gasteiger partial charge on any atom is 0.126 e. The Labute approximate surface area is 91.9 Å². The summed E-state index contributed by atoms with van der Waals surface area (Å²) >= 11 is 0. The van der Waals surface area contributed by atoms with Gasteiger partial charge in [0.1, 0.15) is 5.82 Å². The van der Waals surface area contributed by atoms with Gasteiger partial charge in [-0.15, -0.1) is 0 Å². The van der Waals surface area contributed by atoms with Crippen molar-refractivity contribution >= 4 is 16.9 Å². The lowest BCUT2D eigenvalue weighted by atomic mass is 10.1. The smallest absolute Gasteiger partial charge is 0.126 e. The van der Waals surface area contributed by atoms with Crippen molar-refractivity contribution in [3.05, 3.63) is 30.7 Å². The molecule has 1 aromatic carbocycles. The number of H-pyrrole nitrogens is 1. The Hall–Kier alpha value is -2.30. The van der Waals surface area contributed by atoms with E-state index in [0.717, 1.165) is 22.2 Å². The minimum atomic E-state index is 0.568. The number of anilines is 1. The van der Waals surface area contributed by atoms with Crippen LogP contribution in [0.2, 0.25) is 0 Å². The first-order valence-electron chi connectivity index (χ1n) is 4.96. The second-order valence-corrected chi connectivity index (χ2v) is 3.73. The van der Waals surface area contributed by atoms with Crippen molar-refractivity contribution in [2.45, 2.75) is 0 Å². The van der Waals surface area contributed by atoms with Crippen molar-refractivity contribution in [2.75, 3.05) is 5.73 Å². The molecule has 0 atom stereocenters. The van der Waals surface area contributed by atoms with Gasteiger partial charge < -0.3 is 10.3 Å². The molecule has 0 aliphatic heterocycles. The van der Waals surface area contributed by atoms with Gasteiger partial charge in [0, 0.05) is 18.2 Å². The fraction of sp³-hybridized carbons (Fsp3) is 0.0909. The molecule has 0 bridgehead atoms. The zero-order chi connectivity index (χ0) is 11.1. The Kier molecular flexibility index (Phi) is 1.73. The van der Waals surface area contributed by atoms with Crippen molar-refractivity contribution < 1.29 is 0 Å². The summed E-state index contributed by atoms with van der Waals surface area (Å²) in [7, 11) is 1.97. The molecule has 0 saturated carbocycles. The molecule has 0 fully saturated rings. The first kappa shape index (κ1) is 8.96. The minimum Gasteiger partial charge on any atom is -0.384 e. The van der Waals surface area contributed by atoms with Crippen LogP contribution in [-0.2, 0) is 7.05 Å². The number of imidazole rings is 1. The van der Waals surface area contributed by atoms with Crippen molar-refractivity contribution in [3.8, 4) is 11.1 Å². The topological polar surface area (TPSA) is 72.5 Å². The molecular weight excluding hydrogens is 202 g/mol. The van der Waals surface area contributed by atoms with Gasteiger partial charge in [-0.05, 0) is 6.07 Å². The molecule has 3 rings (SSSR count). The summed E-state index contributed by atoms with van der Waals surface area (Å²) in [6.45, 7) is 0. The molecular formula is C11H11N5. The number of nitrogens with one attached hydrogen (secondary N) is 1. The molecule has 0 aliphatic carbocycles. The van der Waals surface area contributed by atoms with Crippen LogP contribution in [0.3, 0.4) is 0 Å². The predicted molar refractivity (Wildman–Crippen MR) is 62.7 cm³/mol. The summed E-state index contributed by atoms with van der Waals surface area (Å²) in [5, 5.41) is 6.66. The number of para-hydroxylation sites is 1. The number of aromatic nitrogens is 4. The van der Waals surface area contributed by atoms with E-state index in [1.165, 1.54) is 0 Å². The number of hydrogen-bond donors (Lipinski definition) is 2. The molecule has 2 heterocycles. The molecule has 0 saturated heterocycles. The number of benzene rings is 1. The van der Waals surface area contributed by atoms with E-state index in [1.54, 1.807) is 12.5 Å². The van der Waals surface area contributed by atoms with Gasteiger partial charge >= 0.3 is 0 Å². The molecule has 16 heavy (non-hydrogen) atoms. The van der Waals surface area contributed by atoms with Crippen molar-refractivity contribution in [2.24, 2.45) is 7.05 Å². The largest absolute Gasteiger partial charge is 0.384 e. The Morgan fingerprint density at radius 3 is 2.94 bits per heavy atom. The third-order valence-corrected chi connectivity index (χ3v) is 2.71. The number of hydrogen-bond acceptors (Lipinski definition) is 3. The van der Waals surface area contributed by atoms with Gasteiger partial charge in [0.05, 0.1) is 23.6 Å². The minimum absolute atomic E-state index is 0.568. The Bertz CT molecular complexity index is 649. The van der Waals surface area contributed by atoms with Gasteiger partial charge in [0.25, 0.3) is 0 Å². The van der Waals surface area contributed by atoms with Crippen molar-refractivity contribution in [1.29, 1.82) is 0 Å². The zero-order valence-electron chi connectivity index (χ0n) is 8.81. The van der Waals surface area contributed by atoms with Gasteiger partial charge in [-0.3, -0.25) is 5.10 Å². The highest BCUT2D eigenvalue weighted by Gasteiger charge is 2.10. The molecule has 0 spiro atoms.